The molecule has 0 saturated carbocycles. The third-order valence-electron chi connectivity index (χ3n) is 3.84. The van der Waals surface area contributed by atoms with Crippen LogP contribution in [-0.2, 0) is 21.4 Å². The van der Waals surface area contributed by atoms with Crippen molar-refractivity contribution in [3.05, 3.63) is 35.5 Å². The molecule has 0 aliphatic carbocycles. The molecule has 1 N–H and O–H groups in total. The van der Waals surface area contributed by atoms with E-state index in [-0.39, 0.29) is 44.3 Å². The van der Waals surface area contributed by atoms with Crippen LogP contribution in [-0.4, -0.2) is 70.6 Å². The summed E-state index contributed by atoms with van der Waals surface area (Å²) in [6.45, 7) is 0.953. The Hall–Kier alpha value is -2.24. The molecule has 2 aromatic rings. The van der Waals surface area contributed by atoms with Gasteiger partial charge in [-0.2, -0.15) is 9.40 Å². The van der Waals surface area contributed by atoms with E-state index in [9.17, 15) is 18.0 Å². The molecule has 9 nitrogen and oxygen atoms in total. The Morgan fingerprint density at radius 1 is 1.20 bits per heavy atom. The fourth-order valence-corrected chi connectivity index (χ4v) is 5.08. The number of hydrogen-bond donors (Lipinski definition) is 1. The predicted octanol–water partition coefficient (Wildman–Crippen LogP) is 0.176. The molecular formula is C14H16N4O5S2. The maximum Gasteiger partial charge on any atom is 0.356 e. The van der Waals surface area contributed by atoms with E-state index in [0.29, 0.717) is 4.21 Å². The summed E-state index contributed by atoms with van der Waals surface area (Å²) in [6.07, 6.45) is 1.43. The largest absolute Gasteiger partial charge is 0.476 e. The van der Waals surface area contributed by atoms with Crippen LogP contribution >= 0.6 is 11.3 Å². The minimum atomic E-state index is -3.50. The number of hydrogen-bond acceptors (Lipinski definition) is 6. The van der Waals surface area contributed by atoms with Crippen LogP contribution < -0.4 is 0 Å². The van der Waals surface area contributed by atoms with E-state index < -0.39 is 16.0 Å². The molecule has 0 radical (unpaired) electrons. The second-order valence-corrected chi connectivity index (χ2v) is 8.53. The molecule has 3 heterocycles. The molecule has 3 rings (SSSR count). The summed E-state index contributed by atoms with van der Waals surface area (Å²) in [5, 5.41) is 14.3. The molecule has 0 aromatic carbocycles. The first kappa shape index (κ1) is 17.6. The van der Waals surface area contributed by atoms with Crippen molar-refractivity contribution in [2.45, 2.75) is 10.8 Å². The fraction of sp³-hybridized carbons (Fsp3) is 0.357. The van der Waals surface area contributed by atoms with Crippen molar-refractivity contribution in [3.8, 4) is 0 Å². The molecule has 0 atom stereocenters. The quantitative estimate of drug-likeness (QED) is 0.787. The summed E-state index contributed by atoms with van der Waals surface area (Å²) in [6, 6.07) is 4.57. The first-order valence-corrected chi connectivity index (χ1v) is 9.78. The minimum absolute atomic E-state index is 0.0784. The van der Waals surface area contributed by atoms with Crippen molar-refractivity contribution in [1.82, 2.24) is 19.0 Å². The van der Waals surface area contributed by atoms with Gasteiger partial charge in [-0.1, -0.05) is 6.07 Å². The van der Waals surface area contributed by atoms with Gasteiger partial charge in [0.15, 0.2) is 5.69 Å². The third kappa shape index (κ3) is 3.72. The van der Waals surface area contributed by atoms with Crippen LogP contribution in [0.4, 0.5) is 0 Å². The second-order valence-electron chi connectivity index (χ2n) is 5.42. The third-order valence-corrected chi connectivity index (χ3v) is 7.11. The number of carbonyl (C=O) groups excluding carboxylic acids is 1. The zero-order valence-electron chi connectivity index (χ0n) is 13.1. The van der Waals surface area contributed by atoms with Crippen LogP contribution in [0.15, 0.2) is 34.0 Å². The lowest BCUT2D eigenvalue weighted by molar-refractivity contribution is -0.133. The average molecular weight is 384 g/mol. The first-order chi connectivity index (χ1) is 11.9. The normalized spacial score (nSPS) is 16.1. The predicted molar refractivity (Wildman–Crippen MR) is 88.8 cm³/mol. The van der Waals surface area contributed by atoms with Gasteiger partial charge in [-0.15, -0.1) is 11.3 Å². The molecule has 0 unspecified atom stereocenters. The van der Waals surface area contributed by atoms with Crippen molar-refractivity contribution in [2.75, 3.05) is 26.2 Å². The van der Waals surface area contributed by atoms with Gasteiger partial charge in [0.2, 0.25) is 5.91 Å². The molecule has 0 spiro atoms. The Bertz CT molecular complexity index is 867. The van der Waals surface area contributed by atoms with Crippen LogP contribution in [0.3, 0.4) is 0 Å². The highest BCUT2D eigenvalue weighted by atomic mass is 32.2. The number of rotatable bonds is 5. The molecule has 1 aliphatic heterocycles. The standard InChI is InChI=1S/C14H16N4O5S2/c19-12(10-17-4-3-11(15-17)14(20)21)16-5-7-18(8-6-16)25(22,23)13-2-1-9-24-13/h1-4,9H,5-8,10H2,(H,20,21). The molecule has 1 saturated heterocycles. The van der Waals surface area contributed by atoms with Crippen molar-refractivity contribution < 1.29 is 23.1 Å². The van der Waals surface area contributed by atoms with Crippen LogP contribution in [0.2, 0.25) is 0 Å². The molecule has 2 aromatic heterocycles. The summed E-state index contributed by atoms with van der Waals surface area (Å²) < 4.78 is 27.8. The zero-order valence-corrected chi connectivity index (χ0v) is 14.7. The van der Waals surface area contributed by atoms with Crippen molar-refractivity contribution in [1.29, 1.82) is 0 Å². The van der Waals surface area contributed by atoms with Crippen molar-refractivity contribution >= 4 is 33.2 Å². The number of carboxylic acids is 1. The second kappa shape index (κ2) is 6.94. The van der Waals surface area contributed by atoms with Gasteiger partial charge in [-0.3, -0.25) is 9.48 Å². The molecular weight excluding hydrogens is 368 g/mol. The maximum atomic E-state index is 12.4. The highest BCUT2D eigenvalue weighted by Crippen LogP contribution is 2.22. The van der Waals surface area contributed by atoms with E-state index in [2.05, 4.69) is 5.10 Å². The van der Waals surface area contributed by atoms with Gasteiger partial charge in [0.05, 0.1) is 0 Å². The van der Waals surface area contributed by atoms with Gasteiger partial charge in [-0.05, 0) is 17.5 Å². The van der Waals surface area contributed by atoms with Crippen LogP contribution in [0.5, 0.6) is 0 Å². The van der Waals surface area contributed by atoms with E-state index in [1.807, 2.05) is 0 Å². The van der Waals surface area contributed by atoms with E-state index in [1.54, 1.807) is 22.4 Å². The van der Waals surface area contributed by atoms with Crippen LogP contribution in [0.25, 0.3) is 0 Å². The number of carboxylic acid groups (broad SMARTS) is 1. The van der Waals surface area contributed by atoms with E-state index in [1.165, 1.54) is 32.6 Å². The maximum absolute atomic E-state index is 12.4. The highest BCUT2D eigenvalue weighted by molar-refractivity contribution is 7.91. The molecule has 25 heavy (non-hydrogen) atoms. The molecule has 0 bridgehead atoms. The smallest absolute Gasteiger partial charge is 0.356 e. The summed E-state index contributed by atoms with van der Waals surface area (Å²) in [5.41, 5.74) is -0.125. The van der Waals surface area contributed by atoms with Crippen LogP contribution in [0, 0.1) is 0 Å². The zero-order chi connectivity index (χ0) is 18.0. The molecule has 1 amide bonds. The number of piperazine rings is 1. The van der Waals surface area contributed by atoms with E-state index in [0.717, 1.165) is 0 Å². The van der Waals surface area contributed by atoms with Crippen LogP contribution in [0.1, 0.15) is 10.5 Å². The van der Waals surface area contributed by atoms with E-state index in [4.69, 9.17) is 5.11 Å². The monoisotopic (exact) mass is 384 g/mol. The van der Waals surface area contributed by atoms with Gasteiger partial charge < -0.3 is 10.0 Å². The van der Waals surface area contributed by atoms with Gasteiger partial charge in [0.25, 0.3) is 10.0 Å². The number of nitrogens with zero attached hydrogens (tertiary/aromatic N) is 4. The van der Waals surface area contributed by atoms with Gasteiger partial charge in [-0.25, -0.2) is 13.2 Å². The number of amides is 1. The fourth-order valence-electron chi connectivity index (χ4n) is 2.52. The lowest BCUT2D eigenvalue weighted by Gasteiger charge is -2.33. The Labute approximate surface area is 148 Å². The Balaban J connectivity index is 1.58. The summed E-state index contributed by atoms with van der Waals surface area (Å²) in [7, 11) is -3.50. The van der Waals surface area contributed by atoms with Gasteiger partial charge in [0, 0.05) is 32.4 Å². The Morgan fingerprint density at radius 3 is 2.48 bits per heavy atom. The summed E-state index contributed by atoms with van der Waals surface area (Å²) in [5.74, 6) is -1.38. The number of thiophene rings is 1. The molecule has 1 aliphatic rings. The number of sulfonamides is 1. The molecule has 134 valence electrons. The Kier molecular flexibility index (Phi) is 4.88. The highest BCUT2D eigenvalue weighted by Gasteiger charge is 2.30. The molecule has 1 fully saturated rings. The summed E-state index contributed by atoms with van der Waals surface area (Å²) >= 11 is 1.17. The van der Waals surface area contributed by atoms with Gasteiger partial charge >= 0.3 is 5.97 Å². The number of aromatic nitrogens is 2. The van der Waals surface area contributed by atoms with Crippen molar-refractivity contribution in [2.24, 2.45) is 0 Å². The van der Waals surface area contributed by atoms with Gasteiger partial charge in [0.1, 0.15) is 10.8 Å². The number of carbonyl (C=O) groups is 2. The topological polar surface area (TPSA) is 113 Å². The van der Waals surface area contributed by atoms with E-state index >= 15 is 0 Å². The first-order valence-electron chi connectivity index (χ1n) is 7.46. The number of aromatic carboxylic acids is 1. The lowest BCUT2D eigenvalue weighted by atomic mass is 10.3. The SMILES string of the molecule is O=C(O)c1ccn(CC(=O)N2CCN(S(=O)(=O)c3cccs3)CC2)n1. The average Bonchev–Trinajstić information content (AvgIpc) is 3.27. The lowest BCUT2D eigenvalue weighted by Crippen LogP contribution is -2.51. The molecule has 11 heteroatoms. The minimum Gasteiger partial charge on any atom is -0.476 e. The Morgan fingerprint density at radius 2 is 1.92 bits per heavy atom. The summed E-state index contributed by atoms with van der Waals surface area (Å²) in [4.78, 5) is 24.6. The van der Waals surface area contributed by atoms with Crippen molar-refractivity contribution in [3.63, 3.8) is 0 Å².